The molecule has 0 saturated heterocycles. The number of hydrogen-bond acceptors (Lipinski definition) is 14. The molecular formula is C82H131N13O16. The Kier molecular flexibility index (Phi) is 49.7. The first-order valence-corrected chi connectivity index (χ1v) is 40.8. The van der Waals surface area contributed by atoms with Gasteiger partial charge in [0.05, 0.1) is 25.9 Å². The van der Waals surface area contributed by atoms with Crippen LogP contribution < -0.4 is 64.2 Å². The molecule has 3 aromatic rings. The standard InChI is InChI=1S/C82H131N13O16/c1-6-8-10-12-14-16-18-20-22-24-26-28-33-44-70(97)85-48-38-37-43-62(89-71(98)45-34-29-27-25-23-21-19-17-15-13-11-9-7-2)77(106)87-55-73(100)91-67(52-74(101)102)81(110)94-66(51-59-54-86-61-42-36-35-41-60(59)61)80(109)95-68(53-75(103)104)82(111)92-63(46-47-69(83)96)79(108)93-65(50-58-39-31-30-32-40-58)78(107)88-56-72(99)90-64(49-57(3)4)76(105)84-5/h30-32,35-36,39-42,54,57,62-68,86H,6-29,33-34,37-38,43-53,55-56H2,1-5H3,(H2,83,96)(H,84,105)(H,85,97)(H,87,106)(H,88,107)(H,89,98)(H,90,99)(H,91,100)(H,92,111)(H,93,108)(H,94,110)(H,95,109)(H,101,102)(H,103,104)/t62-,63-,64-,65-,66-,67-,68-/m0/s1. The van der Waals surface area contributed by atoms with Crippen LogP contribution in [0.2, 0.25) is 0 Å². The van der Waals surface area contributed by atoms with Gasteiger partial charge < -0.3 is 79.4 Å². The second-order valence-corrected chi connectivity index (χ2v) is 29.6. The van der Waals surface area contributed by atoms with Crippen LogP contribution in [0.15, 0.2) is 60.8 Å². The van der Waals surface area contributed by atoms with E-state index in [0.717, 1.165) is 51.4 Å². The minimum atomic E-state index is -2.05. The molecule has 2 aromatic carbocycles. The summed E-state index contributed by atoms with van der Waals surface area (Å²) in [5.41, 5.74) is 7.02. The fourth-order valence-electron chi connectivity index (χ4n) is 13.1. The van der Waals surface area contributed by atoms with E-state index in [9.17, 15) is 77.3 Å². The average Bonchev–Trinajstić information content (AvgIpc) is 1.73. The topological polar surface area (TPSA) is 454 Å². The number of aromatic amines is 1. The van der Waals surface area contributed by atoms with Crippen LogP contribution in [0.1, 0.15) is 270 Å². The van der Waals surface area contributed by atoms with Crippen LogP contribution in [-0.2, 0) is 80.0 Å². The number of carbonyl (C=O) groups excluding carboxylic acids is 12. The SMILES string of the molecule is CCCCCCCCCCCCCCCC(=O)NCCCC[C@H](NC(=O)CCCCCCCCCCCCCCC)C(=O)NCC(=O)N[C@@H](CC(=O)O)C(=O)N[C@@H](Cc1c[nH]c2ccccc12)C(=O)N[C@@H](CC(=O)O)C(=O)N[C@@H](CCC(N)=O)C(=O)N[C@@H](Cc1ccccc1)C(=O)NCC(=O)N[C@@H](CC(C)C)C(=O)NC. The average molecular weight is 1560 g/mol. The second-order valence-electron chi connectivity index (χ2n) is 29.6. The van der Waals surface area contributed by atoms with Crippen molar-refractivity contribution in [3.63, 3.8) is 0 Å². The molecule has 0 bridgehead atoms. The van der Waals surface area contributed by atoms with Crippen molar-refractivity contribution in [3.8, 4) is 0 Å². The molecule has 29 nitrogen and oxygen atoms in total. The lowest BCUT2D eigenvalue weighted by molar-refractivity contribution is -0.142. The number of hydrogen-bond donors (Lipinski definition) is 15. The normalized spacial score (nSPS) is 13.0. The number of aromatic nitrogens is 1. The second kappa shape index (κ2) is 57.6. The Morgan fingerprint density at radius 1 is 0.387 bits per heavy atom. The molecule has 29 heteroatoms. The molecule has 12 amide bonds. The molecule has 111 heavy (non-hydrogen) atoms. The third-order valence-electron chi connectivity index (χ3n) is 19.4. The third-order valence-corrected chi connectivity index (χ3v) is 19.4. The van der Waals surface area contributed by atoms with Crippen molar-refractivity contribution in [2.45, 2.75) is 314 Å². The molecule has 1 heterocycles. The first-order chi connectivity index (χ1) is 53.3. The van der Waals surface area contributed by atoms with Crippen LogP contribution in [0, 0.1) is 5.92 Å². The number of rotatable bonds is 64. The summed E-state index contributed by atoms with van der Waals surface area (Å²) in [7, 11) is 1.41. The van der Waals surface area contributed by atoms with E-state index in [-0.39, 0.29) is 43.4 Å². The summed E-state index contributed by atoms with van der Waals surface area (Å²) in [5, 5.41) is 48.6. The lowest BCUT2D eigenvalue weighted by Gasteiger charge is -2.27. The van der Waals surface area contributed by atoms with Crippen molar-refractivity contribution in [3.05, 3.63) is 71.9 Å². The molecule has 0 spiro atoms. The summed E-state index contributed by atoms with van der Waals surface area (Å²) < 4.78 is 0. The number of nitrogens with two attached hydrogens (primary N) is 1. The number of benzene rings is 2. The Balaban J connectivity index is 1.79. The quantitative estimate of drug-likeness (QED) is 0.0239. The lowest BCUT2D eigenvalue weighted by Crippen LogP contribution is -2.60. The predicted octanol–water partition coefficient (Wildman–Crippen LogP) is 7.84. The molecule has 1 aromatic heterocycles. The number of nitrogens with one attached hydrogen (secondary N) is 12. The Morgan fingerprint density at radius 2 is 0.793 bits per heavy atom. The molecule has 3 rings (SSSR count). The van der Waals surface area contributed by atoms with E-state index in [1.807, 2.05) is 13.8 Å². The van der Waals surface area contributed by atoms with Gasteiger partial charge in [0.15, 0.2) is 0 Å². The monoisotopic (exact) mass is 1550 g/mol. The molecule has 0 saturated carbocycles. The van der Waals surface area contributed by atoms with Gasteiger partial charge in [0.2, 0.25) is 70.9 Å². The maximum Gasteiger partial charge on any atom is 0.305 e. The summed E-state index contributed by atoms with van der Waals surface area (Å²) in [6, 6.07) is 4.18. The van der Waals surface area contributed by atoms with Crippen LogP contribution in [0.4, 0.5) is 0 Å². The number of carbonyl (C=O) groups is 14. The summed E-state index contributed by atoms with van der Waals surface area (Å²) in [5.74, 6) is -13.2. The number of H-pyrrole nitrogens is 1. The number of unbranched alkanes of at least 4 members (excludes halogenated alkanes) is 25. The van der Waals surface area contributed by atoms with E-state index in [0.29, 0.717) is 54.3 Å². The highest BCUT2D eigenvalue weighted by atomic mass is 16.4. The zero-order valence-electron chi connectivity index (χ0n) is 66.6. The molecule has 0 fully saturated rings. The third kappa shape index (κ3) is 43.7. The fourth-order valence-corrected chi connectivity index (χ4v) is 13.1. The molecule has 0 radical (unpaired) electrons. The molecule has 0 unspecified atom stereocenters. The number of aliphatic carboxylic acids is 2. The fraction of sp³-hybridized carbons (Fsp3) is 0.659. The van der Waals surface area contributed by atoms with E-state index in [2.05, 4.69) is 77.3 Å². The van der Waals surface area contributed by atoms with Crippen molar-refractivity contribution in [2.24, 2.45) is 11.7 Å². The van der Waals surface area contributed by atoms with Crippen LogP contribution in [0.5, 0.6) is 0 Å². The van der Waals surface area contributed by atoms with Crippen molar-refractivity contribution >= 4 is 93.7 Å². The van der Waals surface area contributed by atoms with Crippen LogP contribution in [-0.4, -0.2) is 167 Å². The molecule has 0 aliphatic rings. The minimum absolute atomic E-state index is 0.00302. The number of carboxylic acids is 2. The lowest BCUT2D eigenvalue weighted by atomic mass is 10.0. The van der Waals surface area contributed by atoms with Gasteiger partial charge in [-0.25, -0.2) is 0 Å². The van der Waals surface area contributed by atoms with Gasteiger partial charge >= 0.3 is 11.9 Å². The number of fused-ring (bicyclic) bond motifs is 1. The molecule has 620 valence electrons. The van der Waals surface area contributed by atoms with Crippen molar-refractivity contribution in [2.75, 3.05) is 26.7 Å². The smallest absolute Gasteiger partial charge is 0.305 e. The first kappa shape index (κ1) is 95.8. The maximum absolute atomic E-state index is 14.7. The van der Waals surface area contributed by atoms with Crippen molar-refractivity contribution < 1.29 is 77.3 Å². The minimum Gasteiger partial charge on any atom is -0.481 e. The largest absolute Gasteiger partial charge is 0.481 e. The highest BCUT2D eigenvalue weighted by molar-refractivity contribution is 6.00. The molecule has 16 N–H and O–H groups in total. The van der Waals surface area contributed by atoms with Gasteiger partial charge in [0, 0.05) is 62.8 Å². The van der Waals surface area contributed by atoms with Gasteiger partial charge in [-0.2, -0.15) is 0 Å². The Hall–Kier alpha value is -9.44. The van der Waals surface area contributed by atoms with E-state index in [1.165, 1.54) is 122 Å². The molecule has 7 atom stereocenters. The van der Waals surface area contributed by atoms with Crippen molar-refractivity contribution in [1.29, 1.82) is 0 Å². The number of para-hydroxylation sites is 1. The van der Waals surface area contributed by atoms with E-state index >= 15 is 0 Å². The van der Waals surface area contributed by atoms with Crippen LogP contribution >= 0.6 is 0 Å². The summed E-state index contributed by atoms with van der Waals surface area (Å²) >= 11 is 0. The van der Waals surface area contributed by atoms with Crippen LogP contribution in [0.25, 0.3) is 10.9 Å². The Labute approximate surface area is 655 Å². The van der Waals surface area contributed by atoms with Gasteiger partial charge in [-0.05, 0) is 68.1 Å². The first-order valence-electron chi connectivity index (χ1n) is 40.8. The summed E-state index contributed by atoms with van der Waals surface area (Å²) in [6.45, 7) is 7.05. The van der Waals surface area contributed by atoms with Gasteiger partial charge in [-0.3, -0.25) is 67.1 Å². The van der Waals surface area contributed by atoms with Crippen molar-refractivity contribution in [1.82, 2.24) is 63.5 Å². The molecule has 0 aliphatic carbocycles. The van der Waals surface area contributed by atoms with E-state index in [1.54, 1.807) is 54.6 Å². The maximum atomic E-state index is 14.7. The highest BCUT2D eigenvalue weighted by Crippen LogP contribution is 2.21. The van der Waals surface area contributed by atoms with E-state index in [4.69, 9.17) is 5.73 Å². The predicted molar refractivity (Wildman–Crippen MR) is 426 cm³/mol. The number of carboxylic acid groups (broad SMARTS) is 2. The van der Waals surface area contributed by atoms with Gasteiger partial charge in [-0.1, -0.05) is 230 Å². The summed E-state index contributed by atoms with van der Waals surface area (Å²) in [6.07, 6.45) is 29.6. The van der Waals surface area contributed by atoms with Gasteiger partial charge in [0.1, 0.15) is 42.3 Å². The number of primary amides is 1. The Morgan fingerprint density at radius 3 is 1.29 bits per heavy atom. The highest BCUT2D eigenvalue weighted by Gasteiger charge is 2.36. The zero-order valence-corrected chi connectivity index (χ0v) is 66.6. The number of likely N-dealkylation sites (N-methyl/N-ethyl adjacent to an activating group) is 1. The zero-order chi connectivity index (χ0) is 81.6. The number of amides is 12. The van der Waals surface area contributed by atoms with Gasteiger partial charge in [-0.15, -0.1) is 0 Å². The molecular weight excluding hydrogens is 1420 g/mol. The molecule has 0 aliphatic heterocycles. The summed E-state index contributed by atoms with van der Waals surface area (Å²) in [4.78, 5) is 192. The van der Waals surface area contributed by atoms with Crippen LogP contribution in [0.3, 0.4) is 0 Å². The van der Waals surface area contributed by atoms with E-state index < -0.39 is 158 Å². The van der Waals surface area contributed by atoms with Gasteiger partial charge in [0.25, 0.3) is 0 Å². The Bertz CT molecular complexity index is 3330.